The number of rotatable bonds is 3. The number of benzene rings is 1. The van der Waals surface area contributed by atoms with Crippen molar-refractivity contribution in [3.8, 4) is 0 Å². The quantitative estimate of drug-likeness (QED) is 0.677. The first-order valence-electron chi connectivity index (χ1n) is 6.01. The number of esters is 1. The van der Waals surface area contributed by atoms with Gasteiger partial charge >= 0.3 is 5.97 Å². The van der Waals surface area contributed by atoms with Crippen LogP contribution in [0.5, 0.6) is 0 Å². The first-order chi connectivity index (χ1) is 8.68. The van der Waals surface area contributed by atoms with Gasteiger partial charge in [-0.1, -0.05) is 17.7 Å². The third-order valence-electron chi connectivity index (χ3n) is 2.92. The van der Waals surface area contributed by atoms with Gasteiger partial charge in [0.2, 0.25) is 0 Å². The average Bonchev–Trinajstić information content (AvgIpc) is 2.37. The summed E-state index contributed by atoms with van der Waals surface area (Å²) in [6, 6.07) is 4.93. The van der Waals surface area contributed by atoms with Crippen molar-refractivity contribution in [1.82, 2.24) is 0 Å². The van der Waals surface area contributed by atoms with E-state index in [1.165, 1.54) is 0 Å². The van der Waals surface area contributed by atoms with Crippen LogP contribution in [0.1, 0.15) is 29.6 Å². The number of nitrogen functional groups attached to an aromatic ring is 1. The van der Waals surface area contributed by atoms with Gasteiger partial charge in [-0.3, -0.25) is 0 Å². The van der Waals surface area contributed by atoms with Crippen molar-refractivity contribution in [3.63, 3.8) is 0 Å². The molecule has 0 aromatic heterocycles. The lowest BCUT2D eigenvalue weighted by Crippen LogP contribution is -2.26. The normalized spacial score (nSPS) is 19.5. The van der Waals surface area contributed by atoms with E-state index >= 15 is 0 Å². The molecule has 98 valence electrons. The van der Waals surface area contributed by atoms with Crippen molar-refractivity contribution in [2.24, 2.45) is 0 Å². The molecule has 18 heavy (non-hydrogen) atoms. The second-order valence-corrected chi connectivity index (χ2v) is 4.70. The summed E-state index contributed by atoms with van der Waals surface area (Å²) in [5.41, 5.74) is 6.28. The molecule has 1 aromatic rings. The Morgan fingerprint density at radius 2 is 2.33 bits per heavy atom. The summed E-state index contributed by atoms with van der Waals surface area (Å²) in [7, 11) is 0. The molecule has 1 fully saturated rings. The maximum atomic E-state index is 11.9. The van der Waals surface area contributed by atoms with Gasteiger partial charge in [-0.2, -0.15) is 0 Å². The van der Waals surface area contributed by atoms with Crippen LogP contribution in [-0.2, 0) is 9.47 Å². The maximum Gasteiger partial charge on any atom is 0.341 e. The third-order valence-corrected chi connectivity index (χ3v) is 3.24. The van der Waals surface area contributed by atoms with E-state index in [9.17, 15) is 4.79 Å². The van der Waals surface area contributed by atoms with Crippen LogP contribution < -0.4 is 5.73 Å². The number of nitrogens with two attached hydrogens (primary N) is 1. The molecule has 1 aliphatic rings. The highest BCUT2D eigenvalue weighted by atomic mass is 35.5. The number of hydrogen-bond acceptors (Lipinski definition) is 4. The van der Waals surface area contributed by atoms with E-state index in [1.54, 1.807) is 18.2 Å². The molecule has 4 nitrogen and oxygen atoms in total. The first kappa shape index (κ1) is 13.2. The zero-order valence-electron chi connectivity index (χ0n) is 10.0. The lowest BCUT2D eigenvalue weighted by Gasteiger charge is -2.22. The van der Waals surface area contributed by atoms with Gasteiger partial charge in [-0.15, -0.1) is 0 Å². The van der Waals surface area contributed by atoms with Gasteiger partial charge in [0.05, 0.1) is 11.1 Å². The first-order valence-corrected chi connectivity index (χ1v) is 6.39. The Balaban J connectivity index is 1.95. The predicted molar refractivity (Wildman–Crippen MR) is 69.7 cm³/mol. The molecule has 0 radical (unpaired) electrons. The lowest BCUT2D eigenvalue weighted by molar-refractivity contribution is -0.0299. The van der Waals surface area contributed by atoms with Crippen LogP contribution in [0.15, 0.2) is 18.2 Å². The third kappa shape index (κ3) is 3.15. The Kier molecular flexibility index (Phi) is 4.44. The van der Waals surface area contributed by atoms with E-state index < -0.39 is 5.97 Å². The van der Waals surface area contributed by atoms with Gasteiger partial charge in [0.15, 0.2) is 0 Å². The standard InChI is InChI=1S/C13H16ClNO3/c14-10-5-3-6-11(15)12(10)13(16)18-8-9-4-1-2-7-17-9/h3,5-6,9H,1-2,4,7-8,15H2. The Bertz CT molecular complexity index is 410. The molecule has 1 saturated heterocycles. The Morgan fingerprint density at radius 1 is 1.50 bits per heavy atom. The summed E-state index contributed by atoms with van der Waals surface area (Å²) in [5, 5.41) is 0.310. The maximum absolute atomic E-state index is 11.9. The van der Waals surface area contributed by atoms with E-state index in [2.05, 4.69) is 0 Å². The van der Waals surface area contributed by atoms with E-state index in [1.807, 2.05) is 0 Å². The lowest BCUT2D eigenvalue weighted by atomic mass is 10.1. The number of carbonyl (C=O) groups excluding carboxylic acids is 1. The Hall–Kier alpha value is -1.26. The summed E-state index contributed by atoms with van der Waals surface area (Å²) >= 11 is 5.93. The van der Waals surface area contributed by atoms with Crippen molar-refractivity contribution in [2.45, 2.75) is 25.4 Å². The number of ether oxygens (including phenoxy) is 2. The molecule has 2 N–H and O–H groups in total. The molecule has 0 bridgehead atoms. The van der Waals surface area contributed by atoms with E-state index in [-0.39, 0.29) is 18.3 Å². The molecular weight excluding hydrogens is 254 g/mol. The molecule has 0 aliphatic carbocycles. The summed E-state index contributed by atoms with van der Waals surface area (Å²) in [5.74, 6) is -0.493. The molecule has 1 aliphatic heterocycles. The van der Waals surface area contributed by atoms with E-state index in [0.717, 1.165) is 25.9 Å². The van der Waals surface area contributed by atoms with Crippen molar-refractivity contribution in [3.05, 3.63) is 28.8 Å². The van der Waals surface area contributed by atoms with E-state index in [0.29, 0.717) is 10.7 Å². The molecule has 0 saturated carbocycles. The van der Waals surface area contributed by atoms with Gasteiger partial charge in [-0.25, -0.2) is 4.79 Å². The summed E-state index contributed by atoms with van der Waals surface area (Å²) in [6.45, 7) is 0.986. The van der Waals surface area contributed by atoms with Crippen LogP contribution >= 0.6 is 11.6 Å². The van der Waals surface area contributed by atoms with Crippen LogP contribution in [0.3, 0.4) is 0 Å². The van der Waals surface area contributed by atoms with Gasteiger partial charge in [0.25, 0.3) is 0 Å². The van der Waals surface area contributed by atoms with Crippen molar-refractivity contribution >= 4 is 23.3 Å². The second kappa shape index (κ2) is 6.07. The van der Waals surface area contributed by atoms with Crippen molar-refractivity contribution < 1.29 is 14.3 Å². The Morgan fingerprint density at radius 3 is 3.00 bits per heavy atom. The minimum absolute atomic E-state index is 0.00795. The van der Waals surface area contributed by atoms with Crippen LogP contribution in [-0.4, -0.2) is 25.3 Å². The topological polar surface area (TPSA) is 61.6 Å². The van der Waals surface area contributed by atoms with Gasteiger partial charge in [-0.05, 0) is 31.4 Å². The molecule has 1 aromatic carbocycles. The van der Waals surface area contributed by atoms with Crippen molar-refractivity contribution in [1.29, 1.82) is 0 Å². The number of carbonyl (C=O) groups is 1. The molecule has 1 unspecified atom stereocenters. The van der Waals surface area contributed by atoms with Gasteiger partial charge < -0.3 is 15.2 Å². The van der Waals surface area contributed by atoms with Crippen molar-refractivity contribution in [2.75, 3.05) is 18.9 Å². The number of halogens is 1. The summed E-state index contributed by atoms with van der Waals surface area (Å²) in [6.07, 6.45) is 3.09. The summed E-state index contributed by atoms with van der Waals surface area (Å²) in [4.78, 5) is 11.9. The second-order valence-electron chi connectivity index (χ2n) is 4.29. The largest absolute Gasteiger partial charge is 0.459 e. The van der Waals surface area contributed by atoms with Gasteiger partial charge in [0, 0.05) is 12.3 Å². The average molecular weight is 270 g/mol. The van der Waals surface area contributed by atoms with Crippen LogP contribution in [0.4, 0.5) is 5.69 Å². The number of anilines is 1. The van der Waals surface area contributed by atoms with Gasteiger partial charge in [0.1, 0.15) is 12.2 Å². The van der Waals surface area contributed by atoms with E-state index in [4.69, 9.17) is 26.8 Å². The molecule has 1 atom stereocenters. The zero-order chi connectivity index (χ0) is 13.0. The molecule has 0 spiro atoms. The molecule has 1 heterocycles. The fraction of sp³-hybridized carbons (Fsp3) is 0.462. The molecule has 2 rings (SSSR count). The van der Waals surface area contributed by atoms with Crippen LogP contribution in [0, 0.1) is 0 Å². The smallest absolute Gasteiger partial charge is 0.341 e. The minimum Gasteiger partial charge on any atom is -0.459 e. The molecule has 5 heteroatoms. The fourth-order valence-corrected chi connectivity index (χ4v) is 2.19. The highest BCUT2D eigenvalue weighted by molar-refractivity contribution is 6.34. The fourth-order valence-electron chi connectivity index (χ4n) is 1.94. The SMILES string of the molecule is Nc1cccc(Cl)c1C(=O)OCC1CCCCO1. The monoisotopic (exact) mass is 269 g/mol. The highest BCUT2D eigenvalue weighted by Crippen LogP contribution is 2.23. The number of hydrogen-bond donors (Lipinski definition) is 1. The zero-order valence-corrected chi connectivity index (χ0v) is 10.8. The summed E-state index contributed by atoms with van der Waals surface area (Å²) < 4.78 is 10.7. The molecule has 0 amide bonds. The Labute approximate surface area is 111 Å². The predicted octanol–water partition coefficient (Wildman–Crippen LogP) is 2.65. The highest BCUT2D eigenvalue weighted by Gasteiger charge is 2.19. The van der Waals surface area contributed by atoms with Crippen LogP contribution in [0.25, 0.3) is 0 Å². The van der Waals surface area contributed by atoms with Crippen LogP contribution in [0.2, 0.25) is 5.02 Å². The molecular formula is C13H16ClNO3. The minimum atomic E-state index is -0.493.